The van der Waals surface area contributed by atoms with Gasteiger partial charge in [0.2, 0.25) is 0 Å². The molecule has 0 aliphatic rings. The molecule has 134 valence electrons. The standard InChI is InChI=1S/C21H18N4O2/c26-20-18-9-5-4-6-16(18)12-19(24-20)21(27)22-11-10-15-13-23-25(14-15)17-7-2-1-3-8-17/h1-9,12-14H,10-11H2,(H,22,27)(H,24,26). The summed E-state index contributed by atoms with van der Waals surface area (Å²) in [7, 11) is 0. The van der Waals surface area contributed by atoms with E-state index in [4.69, 9.17) is 0 Å². The molecule has 0 unspecified atom stereocenters. The van der Waals surface area contributed by atoms with E-state index in [-0.39, 0.29) is 17.2 Å². The highest BCUT2D eigenvalue weighted by Crippen LogP contribution is 2.10. The lowest BCUT2D eigenvalue weighted by Crippen LogP contribution is -2.28. The fourth-order valence-corrected chi connectivity index (χ4v) is 2.96. The van der Waals surface area contributed by atoms with Gasteiger partial charge < -0.3 is 10.3 Å². The maximum absolute atomic E-state index is 12.4. The van der Waals surface area contributed by atoms with Crippen LogP contribution in [0.5, 0.6) is 0 Å². The molecule has 0 radical (unpaired) electrons. The predicted molar refractivity (Wildman–Crippen MR) is 104 cm³/mol. The van der Waals surface area contributed by atoms with Gasteiger partial charge in [-0.2, -0.15) is 5.10 Å². The molecule has 6 heteroatoms. The highest BCUT2D eigenvalue weighted by molar-refractivity contribution is 5.96. The van der Waals surface area contributed by atoms with Crippen molar-refractivity contribution in [3.8, 4) is 5.69 Å². The Morgan fingerprint density at radius 3 is 2.70 bits per heavy atom. The largest absolute Gasteiger partial charge is 0.350 e. The number of carbonyl (C=O) groups is 1. The van der Waals surface area contributed by atoms with Gasteiger partial charge in [-0.05, 0) is 41.6 Å². The van der Waals surface area contributed by atoms with Crippen LogP contribution in [0.3, 0.4) is 0 Å². The van der Waals surface area contributed by atoms with Crippen LogP contribution in [0, 0.1) is 0 Å². The van der Waals surface area contributed by atoms with Gasteiger partial charge in [-0.3, -0.25) is 9.59 Å². The van der Waals surface area contributed by atoms with Gasteiger partial charge in [0.25, 0.3) is 11.5 Å². The molecular weight excluding hydrogens is 340 g/mol. The van der Waals surface area contributed by atoms with Crippen molar-refractivity contribution in [3.63, 3.8) is 0 Å². The Kier molecular flexibility index (Phi) is 4.53. The Bertz CT molecular complexity index is 1150. The smallest absolute Gasteiger partial charge is 0.267 e. The number of nitrogens with one attached hydrogen (secondary N) is 2. The molecule has 0 saturated carbocycles. The van der Waals surface area contributed by atoms with Crippen molar-refractivity contribution in [2.24, 2.45) is 0 Å². The number of amides is 1. The zero-order chi connectivity index (χ0) is 18.6. The maximum atomic E-state index is 12.4. The molecule has 2 aromatic heterocycles. The second kappa shape index (κ2) is 7.29. The van der Waals surface area contributed by atoms with Crippen LogP contribution in [0.25, 0.3) is 16.5 Å². The number of carbonyl (C=O) groups excluding carboxylic acids is 1. The summed E-state index contributed by atoms with van der Waals surface area (Å²) >= 11 is 0. The number of benzene rings is 2. The van der Waals surface area contributed by atoms with Crippen LogP contribution in [0.2, 0.25) is 0 Å². The highest BCUT2D eigenvalue weighted by Gasteiger charge is 2.09. The number of hydrogen-bond donors (Lipinski definition) is 2. The van der Waals surface area contributed by atoms with Gasteiger partial charge in [0.15, 0.2) is 0 Å². The number of fused-ring (bicyclic) bond motifs is 1. The average molecular weight is 358 g/mol. The average Bonchev–Trinajstić information content (AvgIpc) is 3.17. The van der Waals surface area contributed by atoms with Crippen molar-refractivity contribution in [1.29, 1.82) is 0 Å². The number of rotatable bonds is 5. The Labute approximate surface area is 155 Å². The van der Waals surface area contributed by atoms with Crippen LogP contribution in [-0.4, -0.2) is 27.2 Å². The Balaban J connectivity index is 1.40. The Morgan fingerprint density at radius 2 is 1.85 bits per heavy atom. The van der Waals surface area contributed by atoms with Gasteiger partial charge in [-0.1, -0.05) is 36.4 Å². The second-order valence-corrected chi connectivity index (χ2v) is 6.23. The Morgan fingerprint density at radius 1 is 1.07 bits per heavy atom. The lowest BCUT2D eigenvalue weighted by Gasteiger charge is -2.05. The van der Waals surface area contributed by atoms with Crippen LogP contribution in [0.1, 0.15) is 16.1 Å². The normalized spacial score (nSPS) is 10.8. The van der Waals surface area contributed by atoms with Crippen molar-refractivity contribution in [2.75, 3.05) is 6.54 Å². The molecule has 0 aliphatic heterocycles. The minimum atomic E-state index is -0.298. The molecule has 2 heterocycles. The van der Waals surface area contributed by atoms with E-state index in [0.29, 0.717) is 18.4 Å². The van der Waals surface area contributed by atoms with E-state index < -0.39 is 0 Å². The zero-order valence-corrected chi connectivity index (χ0v) is 14.6. The van der Waals surface area contributed by atoms with Crippen LogP contribution in [0.4, 0.5) is 0 Å². The third-order valence-electron chi connectivity index (χ3n) is 4.35. The molecular formula is C21H18N4O2. The van der Waals surface area contributed by atoms with E-state index in [2.05, 4.69) is 15.4 Å². The third-order valence-corrected chi connectivity index (χ3v) is 4.35. The summed E-state index contributed by atoms with van der Waals surface area (Å²) in [6.45, 7) is 0.453. The van der Waals surface area contributed by atoms with Gasteiger partial charge >= 0.3 is 0 Å². The van der Waals surface area contributed by atoms with Crippen molar-refractivity contribution in [1.82, 2.24) is 20.1 Å². The first-order chi connectivity index (χ1) is 13.2. The van der Waals surface area contributed by atoms with E-state index in [9.17, 15) is 9.59 Å². The van der Waals surface area contributed by atoms with Crippen LogP contribution < -0.4 is 10.9 Å². The number of nitrogens with zero attached hydrogens (tertiary/aromatic N) is 2. The third kappa shape index (κ3) is 3.64. The SMILES string of the molecule is O=C(NCCc1cnn(-c2ccccc2)c1)c1cc2ccccc2c(=O)[nH]1. The molecule has 0 aliphatic carbocycles. The number of pyridine rings is 1. The van der Waals surface area contributed by atoms with Crippen molar-refractivity contribution in [2.45, 2.75) is 6.42 Å². The summed E-state index contributed by atoms with van der Waals surface area (Å²) in [5.74, 6) is -0.298. The molecule has 2 aromatic carbocycles. The molecule has 1 amide bonds. The lowest BCUT2D eigenvalue weighted by atomic mass is 10.1. The molecule has 27 heavy (non-hydrogen) atoms. The summed E-state index contributed by atoms with van der Waals surface area (Å²) < 4.78 is 1.80. The molecule has 6 nitrogen and oxygen atoms in total. The monoisotopic (exact) mass is 358 g/mol. The molecule has 0 atom stereocenters. The molecule has 0 bridgehead atoms. The molecule has 4 aromatic rings. The van der Waals surface area contributed by atoms with Crippen LogP contribution in [-0.2, 0) is 6.42 Å². The van der Waals surface area contributed by atoms with E-state index in [0.717, 1.165) is 16.6 Å². The van der Waals surface area contributed by atoms with Gasteiger partial charge in [-0.15, -0.1) is 0 Å². The molecule has 0 saturated heterocycles. The van der Waals surface area contributed by atoms with Crippen molar-refractivity contribution in [3.05, 3.63) is 94.7 Å². The number of H-pyrrole nitrogens is 1. The molecule has 0 spiro atoms. The number of aromatic amines is 1. The second-order valence-electron chi connectivity index (χ2n) is 6.23. The van der Waals surface area contributed by atoms with Gasteiger partial charge in [0, 0.05) is 18.1 Å². The summed E-state index contributed by atoms with van der Waals surface area (Å²) in [6.07, 6.45) is 4.38. The molecule has 0 fully saturated rings. The number of hydrogen-bond acceptors (Lipinski definition) is 3. The summed E-state index contributed by atoms with van der Waals surface area (Å²) in [5, 5.41) is 8.50. The van der Waals surface area contributed by atoms with E-state index in [1.165, 1.54) is 0 Å². The zero-order valence-electron chi connectivity index (χ0n) is 14.6. The number of aromatic nitrogens is 3. The summed E-state index contributed by atoms with van der Waals surface area (Å²) in [6, 6.07) is 18.7. The van der Waals surface area contributed by atoms with E-state index >= 15 is 0 Å². The van der Waals surface area contributed by atoms with Crippen molar-refractivity contribution >= 4 is 16.7 Å². The number of para-hydroxylation sites is 1. The van der Waals surface area contributed by atoms with E-state index in [1.807, 2.05) is 48.7 Å². The van der Waals surface area contributed by atoms with Crippen LogP contribution >= 0.6 is 0 Å². The van der Waals surface area contributed by atoms with Crippen molar-refractivity contribution < 1.29 is 4.79 Å². The maximum Gasteiger partial charge on any atom is 0.267 e. The topological polar surface area (TPSA) is 79.8 Å². The van der Waals surface area contributed by atoms with Crippen LogP contribution in [0.15, 0.2) is 77.9 Å². The van der Waals surface area contributed by atoms with Gasteiger partial charge in [-0.25, -0.2) is 4.68 Å². The first-order valence-corrected chi connectivity index (χ1v) is 8.70. The summed E-state index contributed by atoms with van der Waals surface area (Å²) in [4.78, 5) is 27.1. The molecule has 2 N–H and O–H groups in total. The van der Waals surface area contributed by atoms with Gasteiger partial charge in [0.05, 0.1) is 11.9 Å². The fourth-order valence-electron chi connectivity index (χ4n) is 2.96. The molecule has 4 rings (SSSR count). The summed E-state index contributed by atoms with van der Waals surface area (Å²) in [5.41, 5.74) is 2.01. The minimum absolute atomic E-state index is 0.262. The van der Waals surface area contributed by atoms with Gasteiger partial charge in [0.1, 0.15) is 5.69 Å². The Hall–Kier alpha value is -3.67. The fraction of sp³-hybridized carbons (Fsp3) is 0.0952. The first kappa shape index (κ1) is 16.8. The predicted octanol–water partition coefficient (Wildman–Crippen LogP) is 2.69. The minimum Gasteiger partial charge on any atom is -0.350 e. The van der Waals surface area contributed by atoms with E-state index in [1.54, 1.807) is 29.1 Å². The highest BCUT2D eigenvalue weighted by atomic mass is 16.2. The lowest BCUT2D eigenvalue weighted by molar-refractivity contribution is 0.0949. The first-order valence-electron chi connectivity index (χ1n) is 8.70. The quantitative estimate of drug-likeness (QED) is 0.576.